The van der Waals surface area contributed by atoms with E-state index in [1.54, 1.807) is 18.2 Å². The van der Waals surface area contributed by atoms with Crippen molar-refractivity contribution in [1.29, 1.82) is 10.7 Å². The van der Waals surface area contributed by atoms with E-state index in [1.165, 1.54) is 12.5 Å². The number of hydrogen-bond donors (Lipinski definition) is 1. The van der Waals surface area contributed by atoms with Crippen molar-refractivity contribution >= 4 is 5.90 Å². The maximum atomic E-state index is 8.06. The van der Waals surface area contributed by atoms with Crippen molar-refractivity contribution in [2.45, 2.75) is 0 Å². The van der Waals surface area contributed by atoms with Gasteiger partial charge in [-0.3, -0.25) is 10.4 Å². The van der Waals surface area contributed by atoms with Crippen molar-refractivity contribution in [1.82, 2.24) is 4.98 Å². The Hall–Kier alpha value is -1.89. The Morgan fingerprint density at radius 3 is 3.00 bits per heavy atom. The molecule has 1 aromatic heterocycles. The minimum Gasteiger partial charge on any atom is -0.365 e. The molecule has 4 nitrogen and oxygen atoms in total. The summed E-state index contributed by atoms with van der Waals surface area (Å²) in [5.41, 5.74) is 0.356. The van der Waals surface area contributed by atoms with Gasteiger partial charge in [-0.25, -0.2) is 0 Å². The lowest BCUT2D eigenvalue weighted by Crippen LogP contribution is -2.02. The molecule has 54 valence electrons. The molecule has 1 N–H and O–H groups in total. The topological polar surface area (TPSA) is 69.8 Å². The molecule has 0 saturated heterocycles. The van der Waals surface area contributed by atoms with Gasteiger partial charge in [0.15, 0.2) is 0 Å². The number of rotatable bonds is 1. The summed E-state index contributed by atoms with van der Waals surface area (Å²) >= 11 is 0. The third-order valence-electron chi connectivity index (χ3n) is 1.05. The van der Waals surface area contributed by atoms with E-state index in [0.29, 0.717) is 5.69 Å². The number of ether oxygens (including phenoxy) is 1. The molecule has 1 aromatic rings. The molecule has 0 aliphatic rings. The van der Waals surface area contributed by atoms with Crippen molar-refractivity contribution in [2.75, 3.05) is 0 Å². The Bertz CT molecular complexity index is 288. The fourth-order valence-electron chi connectivity index (χ4n) is 0.595. The lowest BCUT2D eigenvalue weighted by molar-refractivity contribution is 0.494. The van der Waals surface area contributed by atoms with Gasteiger partial charge >= 0.3 is 0 Å². The molecule has 0 atom stereocenters. The average molecular weight is 147 g/mol. The molecule has 0 aliphatic heterocycles. The predicted molar refractivity (Wildman–Crippen MR) is 37.8 cm³/mol. The molecule has 0 aliphatic carbocycles. The van der Waals surface area contributed by atoms with Gasteiger partial charge in [0, 0.05) is 6.20 Å². The van der Waals surface area contributed by atoms with E-state index in [9.17, 15) is 0 Å². The lowest BCUT2D eigenvalue weighted by atomic mass is 10.3. The third-order valence-corrected chi connectivity index (χ3v) is 1.05. The van der Waals surface area contributed by atoms with Gasteiger partial charge in [-0.1, -0.05) is 6.07 Å². The number of aromatic nitrogens is 1. The highest BCUT2D eigenvalue weighted by Crippen LogP contribution is 1.94. The summed E-state index contributed by atoms with van der Waals surface area (Å²) in [6.07, 6.45) is 2.93. The first-order chi connectivity index (χ1) is 5.34. The Balaban J connectivity index is 2.79. The van der Waals surface area contributed by atoms with Crippen LogP contribution in [0.15, 0.2) is 24.4 Å². The highest BCUT2D eigenvalue weighted by atomic mass is 16.5. The van der Waals surface area contributed by atoms with E-state index in [1.807, 2.05) is 0 Å². The van der Waals surface area contributed by atoms with Crippen LogP contribution in [0, 0.1) is 16.9 Å². The molecule has 0 saturated carbocycles. The molecule has 0 spiro atoms. The van der Waals surface area contributed by atoms with Crippen LogP contribution in [0.3, 0.4) is 0 Å². The largest absolute Gasteiger partial charge is 0.365 e. The number of hydrogen-bond acceptors (Lipinski definition) is 4. The van der Waals surface area contributed by atoms with E-state index in [2.05, 4.69) is 9.72 Å². The normalized spacial score (nSPS) is 8.27. The molecular formula is C7H5N3O. The maximum Gasteiger partial charge on any atom is 0.293 e. The van der Waals surface area contributed by atoms with E-state index >= 15 is 0 Å². The summed E-state index contributed by atoms with van der Waals surface area (Å²) in [5.74, 6) is -0.229. The summed E-state index contributed by atoms with van der Waals surface area (Å²) in [4.78, 5) is 3.80. The van der Waals surface area contributed by atoms with Crippen LogP contribution in [0.4, 0.5) is 0 Å². The monoisotopic (exact) mass is 147 g/mol. The van der Waals surface area contributed by atoms with Gasteiger partial charge < -0.3 is 4.74 Å². The summed E-state index contributed by atoms with van der Waals surface area (Å²) in [6, 6.07) is 5.04. The van der Waals surface area contributed by atoms with Crippen molar-refractivity contribution < 1.29 is 4.74 Å². The minimum atomic E-state index is -0.229. The second kappa shape index (κ2) is 3.32. The summed E-state index contributed by atoms with van der Waals surface area (Å²) in [5, 5.41) is 15.2. The van der Waals surface area contributed by atoms with Crippen LogP contribution >= 0.6 is 0 Å². The zero-order valence-electron chi connectivity index (χ0n) is 5.61. The van der Waals surface area contributed by atoms with E-state index in [0.717, 1.165) is 0 Å². The summed E-state index contributed by atoms with van der Waals surface area (Å²) < 4.78 is 4.25. The maximum absolute atomic E-state index is 8.06. The first-order valence-corrected chi connectivity index (χ1v) is 2.90. The van der Waals surface area contributed by atoms with Crippen LogP contribution in [0.25, 0.3) is 0 Å². The second-order valence-corrected chi connectivity index (χ2v) is 1.74. The number of pyridine rings is 1. The second-order valence-electron chi connectivity index (χ2n) is 1.74. The average Bonchev–Trinajstić information content (AvgIpc) is 2.07. The molecule has 0 fully saturated rings. The van der Waals surface area contributed by atoms with Crippen LogP contribution in [-0.4, -0.2) is 10.9 Å². The summed E-state index contributed by atoms with van der Waals surface area (Å²) in [7, 11) is 0. The molecule has 0 unspecified atom stereocenters. The molecule has 11 heavy (non-hydrogen) atoms. The Morgan fingerprint density at radius 2 is 2.45 bits per heavy atom. The molecule has 1 heterocycles. The fourth-order valence-corrected chi connectivity index (χ4v) is 0.595. The number of nitriles is 1. The molecule has 0 aromatic carbocycles. The highest BCUT2D eigenvalue weighted by molar-refractivity contribution is 5.89. The highest BCUT2D eigenvalue weighted by Gasteiger charge is 2.00. The van der Waals surface area contributed by atoms with Gasteiger partial charge in [-0.05, 0) is 12.1 Å². The Kier molecular flexibility index (Phi) is 2.18. The quantitative estimate of drug-likeness (QED) is 0.364. The molecule has 4 heteroatoms. The molecule has 0 bridgehead atoms. The summed E-state index contributed by atoms with van der Waals surface area (Å²) in [6.45, 7) is 0. The van der Waals surface area contributed by atoms with Crippen molar-refractivity contribution in [2.24, 2.45) is 0 Å². The van der Waals surface area contributed by atoms with Crippen LogP contribution in [-0.2, 0) is 4.74 Å². The first kappa shape index (κ1) is 7.22. The van der Waals surface area contributed by atoms with Gasteiger partial charge in [0.25, 0.3) is 12.2 Å². The fraction of sp³-hybridized carbons (Fsp3) is 0. The van der Waals surface area contributed by atoms with E-state index in [-0.39, 0.29) is 5.90 Å². The van der Waals surface area contributed by atoms with Crippen LogP contribution in [0.1, 0.15) is 5.69 Å². The number of nitrogens with zero attached hydrogens (tertiary/aromatic N) is 2. The Labute approximate surface area is 63.6 Å². The smallest absolute Gasteiger partial charge is 0.293 e. The van der Waals surface area contributed by atoms with Gasteiger partial charge in [0.1, 0.15) is 5.69 Å². The third kappa shape index (κ3) is 1.76. The predicted octanol–water partition coefficient (Wildman–Crippen LogP) is 0.905. The van der Waals surface area contributed by atoms with E-state index < -0.39 is 0 Å². The number of nitrogens with one attached hydrogen (secondary N) is 1. The molecule has 0 amide bonds. The first-order valence-electron chi connectivity index (χ1n) is 2.90. The SMILES string of the molecule is N#COC(=N)c1ccccn1. The van der Waals surface area contributed by atoms with Gasteiger partial charge in [-0.15, -0.1) is 5.26 Å². The zero-order valence-corrected chi connectivity index (χ0v) is 5.61. The van der Waals surface area contributed by atoms with Crippen LogP contribution in [0.2, 0.25) is 0 Å². The zero-order chi connectivity index (χ0) is 8.10. The van der Waals surface area contributed by atoms with E-state index in [4.69, 9.17) is 10.7 Å². The lowest BCUT2D eigenvalue weighted by Gasteiger charge is -1.95. The van der Waals surface area contributed by atoms with Crippen LogP contribution in [0.5, 0.6) is 0 Å². The molecular weight excluding hydrogens is 142 g/mol. The molecule has 1 rings (SSSR count). The van der Waals surface area contributed by atoms with Crippen molar-refractivity contribution in [3.05, 3.63) is 30.1 Å². The van der Waals surface area contributed by atoms with Crippen LogP contribution < -0.4 is 0 Å². The van der Waals surface area contributed by atoms with Gasteiger partial charge in [0.2, 0.25) is 0 Å². The minimum absolute atomic E-state index is 0.229. The standard InChI is InChI=1S/C7H5N3O/c8-5-11-7(9)6-3-1-2-4-10-6/h1-4,9H. The van der Waals surface area contributed by atoms with Crippen molar-refractivity contribution in [3.63, 3.8) is 0 Å². The van der Waals surface area contributed by atoms with Gasteiger partial charge in [-0.2, -0.15) is 0 Å². The van der Waals surface area contributed by atoms with Gasteiger partial charge in [0.05, 0.1) is 0 Å². The van der Waals surface area contributed by atoms with Crippen molar-refractivity contribution in [3.8, 4) is 6.26 Å². The molecule has 0 radical (unpaired) electrons. The Morgan fingerprint density at radius 1 is 1.64 bits per heavy atom.